The Morgan fingerprint density at radius 3 is 2.53 bits per heavy atom. The van der Waals surface area contributed by atoms with E-state index in [0.29, 0.717) is 5.75 Å². The van der Waals surface area contributed by atoms with Crippen LogP contribution in [0.5, 0.6) is 17.2 Å². The number of benzene rings is 1. The van der Waals surface area contributed by atoms with Crippen molar-refractivity contribution in [3.8, 4) is 17.2 Å². The summed E-state index contributed by atoms with van der Waals surface area (Å²) in [6, 6.07) is 2.72. The van der Waals surface area contributed by atoms with Gasteiger partial charge in [-0.2, -0.15) is 0 Å². The molecular weight excluding hydrogens is 226 g/mol. The molecule has 0 saturated carbocycles. The quantitative estimate of drug-likeness (QED) is 0.643. The van der Waals surface area contributed by atoms with Crippen molar-refractivity contribution in [1.82, 2.24) is 4.73 Å². The molecule has 0 spiro atoms. The molecule has 2 rings (SSSR count). The summed E-state index contributed by atoms with van der Waals surface area (Å²) < 4.78 is 5.20. The van der Waals surface area contributed by atoms with Gasteiger partial charge in [0.2, 0.25) is 0 Å². The van der Waals surface area contributed by atoms with Crippen molar-refractivity contribution in [2.24, 2.45) is 0 Å². The van der Waals surface area contributed by atoms with Crippen molar-refractivity contribution in [3.05, 3.63) is 28.0 Å². The predicted molar refractivity (Wildman–Crippen MR) is 60.0 cm³/mol. The van der Waals surface area contributed by atoms with E-state index >= 15 is 0 Å². The van der Waals surface area contributed by atoms with E-state index in [1.165, 1.54) is 26.2 Å². The zero-order valence-corrected chi connectivity index (χ0v) is 9.26. The molecular formula is C11H11NO5. The lowest BCUT2D eigenvalue weighted by atomic mass is 10.1. The molecule has 0 radical (unpaired) electrons. The summed E-state index contributed by atoms with van der Waals surface area (Å²) in [4.78, 5) is 11.5. The minimum Gasteiger partial charge on any atom is -0.507 e. The molecule has 6 nitrogen and oxygen atoms in total. The Kier molecular flexibility index (Phi) is 2.35. The second-order valence-corrected chi connectivity index (χ2v) is 3.63. The van der Waals surface area contributed by atoms with Crippen LogP contribution in [0.1, 0.15) is 5.56 Å². The molecule has 1 heterocycles. The van der Waals surface area contributed by atoms with Crippen LogP contribution in [0.25, 0.3) is 10.9 Å². The molecule has 0 aliphatic carbocycles. The number of fused-ring (bicyclic) bond motifs is 1. The van der Waals surface area contributed by atoms with E-state index in [0.717, 1.165) is 0 Å². The number of rotatable bonds is 1. The van der Waals surface area contributed by atoms with Crippen LogP contribution >= 0.6 is 0 Å². The maximum Gasteiger partial charge on any atom is 0.325 e. The second-order valence-electron chi connectivity index (χ2n) is 3.63. The average molecular weight is 237 g/mol. The molecule has 0 aliphatic rings. The van der Waals surface area contributed by atoms with Gasteiger partial charge in [-0.05, 0) is 6.92 Å². The van der Waals surface area contributed by atoms with Gasteiger partial charge in [-0.25, -0.2) is 0 Å². The molecule has 3 N–H and O–H groups in total. The van der Waals surface area contributed by atoms with E-state index in [2.05, 4.69) is 0 Å². The van der Waals surface area contributed by atoms with Crippen LogP contribution in [0.4, 0.5) is 0 Å². The Hall–Kier alpha value is -2.37. The minimum absolute atomic E-state index is 0.0714. The fourth-order valence-electron chi connectivity index (χ4n) is 1.74. The molecule has 17 heavy (non-hydrogen) atoms. The number of nitrogens with zero attached hydrogens (tertiary/aromatic N) is 1. The summed E-state index contributed by atoms with van der Waals surface area (Å²) in [6.45, 7) is 1.48. The van der Waals surface area contributed by atoms with Crippen LogP contribution in [0.2, 0.25) is 0 Å². The maximum absolute atomic E-state index is 11.5. The highest BCUT2D eigenvalue weighted by atomic mass is 16.5. The van der Waals surface area contributed by atoms with Crippen LogP contribution in [0, 0.1) is 6.92 Å². The third-order valence-corrected chi connectivity index (χ3v) is 2.66. The van der Waals surface area contributed by atoms with Crippen molar-refractivity contribution >= 4 is 10.9 Å². The lowest BCUT2D eigenvalue weighted by molar-refractivity contribution is 0.184. The number of methoxy groups -OCH3 is 1. The van der Waals surface area contributed by atoms with Gasteiger partial charge in [-0.3, -0.25) is 4.79 Å². The number of hydrogen-bond donors (Lipinski definition) is 3. The molecule has 2 aromatic rings. The largest absolute Gasteiger partial charge is 0.507 e. The highest BCUT2D eigenvalue weighted by Gasteiger charge is 2.16. The Balaban J connectivity index is 3.06. The zero-order chi connectivity index (χ0) is 12.7. The fourth-order valence-corrected chi connectivity index (χ4v) is 1.74. The molecule has 0 saturated heterocycles. The van der Waals surface area contributed by atoms with Crippen molar-refractivity contribution in [2.75, 3.05) is 7.11 Å². The number of ether oxygens (including phenoxy) is 1. The SMILES string of the molecule is COc1cc(O)c2c(C)c(O)c(=O)n(O)c2c1. The number of aryl methyl sites for hydroxylation is 1. The smallest absolute Gasteiger partial charge is 0.325 e. The number of phenols is 1. The highest BCUT2D eigenvalue weighted by Crippen LogP contribution is 2.33. The summed E-state index contributed by atoms with van der Waals surface area (Å²) in [7, 11) is 1.40. The molecule has 0 fully saturated rings. The highest BCUT2D eigenvalue weighted by molar-refractivity contribution is 5.91. The third kappa shape index (κ3) is 1.45. The Morgan fingerprint density at radius 2 is 1.94 bits per heavy atom. The van der Waals surface area contributed by atoms with Gasteiger partial charge < -0.3 is 20.2 Å². The first-order valence-electron chi connectivity index (χ1n) is 4.82. The predicted octanol–water partition coefficient (Wildman–Crippen LogP) is 0.967. The number of phenolic OH excluding ortho intramolecular Hbond substituents is 1. The van der Waals surface area contributed by atoms with Crippen LogP contribution in [0.15, 0.2) is 16.9 Å². The van der Waals surface area contributed by atoms with Gasteiger partial charge in [0.05, 0.1) is 18.0 Å². The first-order valence-corrected chi connectivity index (χ1v) is 4.82. The molecule has 0 aliphatic heterocycles. The Bertz CT molecular complexity index is 659. The van der Waals surface area contributed by atoms with E-state index in [-0.39, 0.29) is 26.9 Å². The molecule has 90 valence electrons. The van der Waals surface area contributed by atoms with Gasteiger partial charge in [0.25, 0.3) is 0 Å². The van der Waals surface area contributed by atoms with Gasteiger partial charge in [0.15, 0.2) is 5.75 Å². The molecule has 0 atom stereocenters. The first kappa shape index (κ1) is 11.1. The molecule has 0 bridgehead atoms. The zero-order valence-electron chi connectivity index (χ0n) is 9.26. The van der Waals surface area contributed by atoms with E-state index in [9.17, 15) is 20.2 Å². The summed E-state index contributed by atoms with van der Waals surface area (Å²) in [5.74, 6) is -0.488. The number of aromatic hydroxyl groups is 2. The summed E-state index contributed by atoms with van der Waals surface area (Å²) in [5.41, 5.74) is -0.666. The Morgan fingerprint density at radius 1 is 1.29 bits per heavy atom. The monoisotopic (exact) mass is 237 g/mol. The number of hydrogen-bond acceptors (Lipinski definition) is 5. The lowest BCUT2D eigenvalue weighted by Gasteiger charge is -2.11. The van der Waals surface area contributed by atoms with Gasteiger partial charge in [-0.15, -0.1) is 4.73 Å². The lowest BCUT2D eigenvalue weighted by Crippen LogP contribution is -2.18. The van der Waals surface area contributed by atoms with E-state index < -0.39 is 11.3 Å². The topological polar surface area (TPSA) is 91.9 Å². The van der Waals surface area contributed by atoms with Gasteiger partial charge in [0.1, 0.15) is 11.5 Å². The molecule has 0 unspecified atom stereocenters. The van der Waals surface area contributed by atoms with E-state index in [1.54, 1.807) is 0 Å². The van der Waals surface area contributed by atoms with Gasteiger partial charge in [0, 0.05) is 17.7 Å². The minimum atomic E-state index is -0.942. The standard InChI is InChI=1S/C11H11NO5/c1-5-9-7(12(16)11(15)10(5)14)3-6(17-2)4-8(9)13/h3-4,13-14,16H,1-2H3. The molecule has 1 aromatic heterocycles. The number of aromatic nitrogens is 1. The van der Waals surface area contributed by atoms with Gasteiger partial charge in [-0.1, -0.05) is 0 Å². The second kappa shape index (κ2) is 3.58. The van der Waals surface area contributed by atoms with Crippen molar-refractivity contribution in [3.63, 3.8) is 0 Å². The van der Waals surface area contributed by atoms with Crippen LogP contribution < -0.4 is 10.3 Å². The fraction of sp³-hybridized carbons (Fsp3) is 0.182. The van der Waals surface area contributed by atoms with Crippen LogP contribution in [-0.2, 0) is 0 Å². The van der Waals surface area contributed by atoms with Crippen LogP contribution in [-0.4, -0.2) is 27.3 Å². The summed E-state index contributed by atoms with van der Waals surface area (Å²) in [6.07, 6.45) is 0. The van der Waals surface area contributed by atoms with Crippen molar-refractivity contribution in [2.45, 2.75) is 6.92 Å². The normalized spacial score (nSPS) is 10.7. The molecule has 1 aromatic carbocycles. The van der Waals surface area contributed by atoms with E-state index in [1.807, 2.05) is 0 Å². The molecule has 0 amide bonds. The average Bonchev–Trinajstić information content (AvgIpc) is 2.32. The first-order chi connectivity index (χ1) is 7.97. The summed E-state index contributed by atoms with van der Waals surface area (Å²) in [5, 5.41) is 29.1. The van der Waals surface area contributed by atoms with E-state index in [4.69, 9.17) is 4.74 Å². The van der Waals surface area contributed by atoms with Crippen molar-refractivity contribution in [1.29, 1.82) is 0 Å². The Labute approximate surface area is 95.9 Å². The third-order valence-electron chi connectivity index (χ3n) is 2.66. The van der Waals surface area contributed by atoms with Crippen molar-refractivity contribution < 1.29 is 20.2 Å². The molecule has 6 heteroatoms. The van der Waals surface area contributed by atoms with Gasteiger partial charge >= 0.3 is 5.56 Å². The number of pyridine rings is 1. The maximum atomic E-state index is 11.5. The van der Waals surface area contributed by atoms with Crippen LogP contribution in [0.3, 0.4) is 0 Å². The summed E-state index contributed by atoms with van der Waals surface area (Å²) >= 11 is 0.